The van der Waals surface area contributed by atoms with Gasteiger partial charge in [0.1, 0.15) is 6.04 Å². The van der Waals surface area contributed by atoms with Crippen LogP contribution in [0.2, 0.25) is 5.02 Å². The Morgan fingerprint density at radius 1 is 1.03 bits per heavy atom. The molecule has 2 aliphatic rings. The number of piperidine rings is 1. The summed E-state index contributed by atoms with van der Waals surface area (Å²) in [6.45, 7) is 5.10. The van der Waals surface area contributed by atoms with Gasteiger partial charge < -0.3 is 10.2 Å². The summed E-state index contributed by atoms with van der Waals surface area (Å²) in [5.41, 5.74) is 3.13. The monoisotopic (exact) mass is 439 g/mol. The van der Waals surface area contributed by atoms with Crippen molar-refractivity contribution in [1.29, 1.82) is 0 Å². The number of nitrogens with zero attached hydrogens (tertiary/aromatic N) is 2. The van der Waals surface area contributed by atoms with Gasteiger partial charge in [-0.3, -0.25) is 14.5 Å². The molecule has 2 heterocycles. The van der Waals surface area contributed by atoms with Crippen molar-refractivity contribution >= 4 is 23.4 Å². The number of nitrogens with one attached hydrogen (secondary N) is 1. The van der Waals surface area contributed by atoms with Gasteiger partial charge in [0.2, 0.25) is 11.8 Å². The molecule has 5 nitrogen and oxygen atoms in total. The molecule has 31 heavy (non-hydrogen) atoms. The van der Waals surface area contributed by atoms with Gasteiger partial charge in [-0.1, -0.05) is 61.0 Å². The van der Waals surface area contributed by atoms with Gasteiger partial charge in [0.15, 0.2) is 0 Å². The van der Waals surface area contributed by atoms with E-state index in [1.807, 2.05) is 52.3 Å². The third-order valence-electron chi connectivity index (χ3n) is 6.49. The molecule has 0 aliphatic carbocycles. The van der Waals surface area contributed by atoms with Crippen LogP contribution >= 0.6 is 11.6 Å². The highest BCUT2D eigenvalue weighted by Crippen LogP contribution is 2.32. The van der Waals surface area contributed by atoms with E-state index in [-0.39, 0.29) is 18.4 Å². The Morgan fingerprint density at radius 2 is 1.74 bits per heavy atom. The van der Waals surface area contributed by atoms with Crippen molar-refractivity contribution in [2.24, 2.45) is 5.92 Å². The van der Waals surface area contributed by atoms with E-state index in [0.717, 1.165) is 43.5 Å². The first-order valence-corrected chi connectivity index (χ1v) is 11.5. The number of likely N-dealkylation sites (tertiary alicyclic amines) is 1. The third kappa shape index (κ3) is 5.10. The van der Waals surface area contributed by atoms with Crippen molar-refractivity contribution in [3.63, 3.8) is 0 Å². The number of hydrogen-bond donors (Lipinski definition) is 1. The van der Waals surface area contributed by atoms with Crippen LogP contribution in [0.4, 0.5) is 0 Å². The van der Waals surface area contributed by atoms with Gasteiger partial charge >= 0.3 is 0 Å². The van der Waals surface area contributed by atoms with E-state index in [1.54, 1.807) is 0 Å². The molecule has 0 aromatic heterocycles. The van der Waals surface area contributed by atoms with Crippen LogP contribution in [0.3, 0.4) is 0 Å². The number of amides is 2. The minimum absolute atomic E-state index is 0.0932. The average molecular weight is 440 g/mol. The van der Waals surface area contributed by atoms with Crippen molar-refractivity contribution in [1.82, 2.24) is 15.1 Å². The topological polar surface area (TPSA) is 52.7 Å². The highest BCUT2D eigenvalue weighted by atomic mass is 35.5. The van der Waals surface area contributed by atoms with Crippen molar-refractivity contribution in [2.75, 3.05) is 26.2 Å². The Labute approximate surface area is 189 Å². The summed E-state index contributed by atoms with van der Waals surface area (Å²) in [4.78, 5) is 30.4. The Kier molecular flexibility index (Phi) is 6.93. The first-order chi connectivity index (χ1) is 15.0. The molecule has 0 bridgehead atoms. The van der Waals surface area contributed by atoms with Gasteiger partial charge in [0.25, 0.3) is 0 Å². The zero-order chi connectivity index (χ0) is 21.8. The minimum atomic E-state index is -0.399. The predicted octanol–water partition coefficient (Wildman–Crippen LogP) is 3.81. The van der Waals surface area contributed by atoms with Crippen LogP contribution in [0.15, 0.2) is 48.5 Å². The molecule has 6 heteroatoms. The molecular weight excluding hydrogens is 410 g/mol. The van der Waals surface area contributed by atoms with Gasteiger partial charge in [-0.2, -0.15) is 0 Å². The lowest BCUT2D eigenvalue weighted by Gasteiger charge is -2.40. The number of fused-ring (bicyclic) bond motifs is 1. The molecule has 1 saturated heterocycles. The minimum Gasteiger partial charge on any atom is -0.351 e. The SMILES string of the molecule is CC1CCN(C(=O)C2c3ccccc3CCN2CC(=O)NCc2ccccc2Cl)CC1. The van der Waals surface area contributed by atoms with Crippen LogP contribution in [0.5, 0.6) is 0 Å². The van der Waals surface area contributed by atoms with Crippen LogP contribution in [-0.2, 0) is 22.6 Å². The lowest BCUT2D eigenvalue weighted by atomic mass is 9.90. The van der Waals surface area contributed by atoms with Gasteiger partial charge in [-0.15, -0.1) is 0 Å². The molecule has 1 N–H and O–H groups in total. The van der Waals surface area contributed by atoms with E-state index in [0.29, 0.717) is 24.0 Å². The number of benzene rings is 2. The summed E-state index contributed by atoms with van der Waals surface area (Å²) in [5, 5.41) is 3.61. The van der Waals surface area contributed by atoms with Crippen molar-refractivity contribution < 1.29 is 9.59 Å². The Balaban J connectivity index is 1.48. The van der Waals surface area contributed by atoms with E-state index in [4.69, 9.17) is 11.6 Å². The fourth-order valence-electron chi connectivity index (χ4n) is 4.56. The van der Waals surface area contributed by atoms with Crippen LogP contribution in [0.25, 0.3) is 0 Å². The first kappa shape index (κ1) is 21.8. The van der Waals surface area contributed by atoms with E-state index in [9.17, 15) is 9.59 Å². The molecular formula is C25H30ClN3O2. The normalized spacial score (nSPS) is 19.7. The smallest absolute Gasteiger partial charge is 0.244 e. The van der Waals surface area contributed by atoms with Crippen LogP contribution < -0.4 is 5.32 Å². The number of rotatable bonds is 5. The number of hydrogen-bond acceptors (Lipinski definition) is 3. The van der Waals surface area contributed by atoms with E-state index in [1.165, 1.54) is 5.56 Å². The highest BCUT2D eigenvalue weighted by molar-refractivity contribution is 6.31. The van der Waals surface area contributed by atoms with Gasteiger partial charge in [-0.25, -0.2) is 0 Å². The van der Waals surface area contributed by atoms with E-state index < -0.39 is 6.04 Å². The molecule has 0 saturated carbocycles. The largest absolute Gasteiger partial charge is 0.351 e. The van der Waals surface area contributed by atoms with E-state index in [2.05, 4.69) is 18.3 Å². The fourth-order valence-corrected chi connectivity index (χ4v) is 4.76. The summed E-state index contributed by atoms with van der Waals surface area (Å²) in [6, 6.07) is 15.3. The molecule has 2 aromatic carbocycles. The lowest BCUT2D eigenvalue weighted by Crippen LogP contribution is -2.50. The van der Waals surface area contributed by atoms with Crippen LogP contribution in [0, 0.1) is 5.92 Å². The molecule has 164 valence electrons. The van der Waals surface area contributed by atoms with Crippen molar-refractivity contribution in [3.8, 4) is 0 Å². The summed E-state index contributed by atoms with van der Waals surface area (Å²) in [6.07, 6.45) is 2.92. The maximum Gasteiger partial charge on any atom is 0.244 e. The lowest BCUT2D eigenvalue weighted by molar-refractivity contribution is -0.140. The average Bonchev–Trinajstić information content (AvgIpc) is 2.78. The zero-order valence-electron chi connectivity index (χ0n) is 18.0. The molecule has 2 amide bonds. The third-order valence-corrected chi connectivity index (χ3v) is 6.86. The molecule has 0 radical (unpaired) electrons. The Morgan fingerprint density at radius 3 is 2.52 bits per heavy atom. The van der Waals surface area contributed by atoms with Crippen molar-refractivity contribution in [2.45, 2.75) is 38.8 Å². The van der Waals surface area contributed by atoms with Crippen molar-refractivity contribution in [3.05, 3.63) is 70.2 Å². The van der Waals surface area contributed by atoms with Gasteiger partial charge in [-0.05, 0) is 47.9 Å². The predicted molar refractivity (Wildman–Crippen MR) is 123 cm³/mol. The number of carbonyl (C=O) groups is 2. The van der Waals surface area contributed by atoms with Crippen LogP contribution in [-0.4, -0.2) is 47.8 Å². The summed E-state index contributed by atoms with van der Waals surface area (Å²) in [7, 11) is 0. The highest BCUT2D eigenvalue weighted by Gasteiger charge is 2.37. The molecule has 2 aromatic rings. The summed E-state index contributed by atoms with van der Waals surface area (Å²) >= 11 is 6.20. The van der Waals surface area contributed by atoms with E-state index >= 15 is 0 Å². The molecule has 1 unspecified atom stereocenters. The molecule has 2 aliphatic heterocycles. The zero-order valence-corrected chi connectivity index (χ0v) is 18.8. The molecule has 0 spiro atoms. The standard InChI is InChI=1S/C25H30ClN3O2/c1-18-10-13-28(14-11-18)25(31)24-21-8-4-2-6-19(21)12-15-29(24)17-23(30)27-16-20-7-3-5-9-22(20)26/h2-9,18,24H,10-17H2,1H3,(H,27,30). The first-order valence-electron chi connectivity index (χ1n) is 11.1. The Bertz CT molecular complexity index is 940. The molecule has 1 atom stereocenters. The maximum atomic E-state index is 13.6. The number of halogens is 1. The van der Waals surface area contributed by atoms with Gasteiger partial charge in [0.05, 0.1) is 6.54 Å². The quantitative estimate of drug-likeness (QED) is 0.770. The molecule has 4 rings (SSSR count). The molecule has 1 fully saturated rings. The summed E-state index contributed by atoms with van der Waals surface area (Å²) in [5.74, 6) is 0.691. The second-order valence-corrected chi connectivity index (χ2v) is 9.10. The summed E-state index contributed by atoms with van der Waals surface area (Å²) < 4.78 is 0. The Hall–Kier alpha value is -2.37. The number of carbonyl (C=O) groups excluding carboxylic acids is 2. The second kappa shape index (κ2) is 9.84. The fraction of sp³-hybridized carbons (Fsp3) is 0.440. The maximum absolute atomic E-state index is 13.6. The van der Waals surface area contributed by atoms with Gasteiger partial charge in [0, 0.05) is 31.2 Å². The van der Waals surface area contributed by atoms with Crippen LogP contribution in [0.1, 0.15) is 42.5 Å². The second-order valence-electron chi connectivity index (χ2n) is 8.70.